The summed E-state index contributed by atoms with van der Waals surface area (Å²) in [7, 11) is -3.36. The molecule has 0 radical (unpaired) electrons. The summed E-state index contributed by atoms with van der Waals surface area (Å²) in [5.41, 5.74) is 8.19. The van der Waals surface area contributed by atoms with Crippen molar-refractivity contribution in [2.24, 2.45) is 11.1 Å². The van der Waals surface area contributed by atoms with E-state index in [2.05, 4.69) is 6.92 Å². The minimum Gasteiger partial charge on any atom is -0.330 e. The SMILES string of the molecule is CC1(CN)CCN(S(=O)(=O)c2ccc3c(c2)CCC3)C1. The molecule has 1 atom stereocenters. The van der Waals surface area contributed by atoms with Gasteiger partial charge in [0.15, 0.2) is 0 Å². The molecule has 2 aliphatic rings. The molecule has 4 nitrogen and oxygen atoms in total. The van der Waals surface area contributed by atoms with Gasteiger partial charge in [0.1, 0.15) is 0 Å². The Kier molecular flexibility index (Phi) is 3.39. The Morgan fingerprint density at radius 3 is 2.75 bits per heavy atom. The third-order valence-electron chi connectivity index (χ3n) is 4.72. The molecule has 1 aromatic carbocycles. The molecule has 1 fully saturated rings. The largest absolute Gasteiger partial charge is 0.330 e. The second-order valence-electron chi connectivity index (χ2n) is 6.39. The highest BCUT2D eigenvalue weighted by Crippen LogP contribution is 2.33. The summed E-state index contributed by atoms with van der Waals surface area (Å²) in [5.74, 6) is 0. The van der Waals surface area contributed by atoms with E-state index in [9.17, 15) is 8.42 Å². The average Bonchev–Trinajstić information content (AvgIpc) is 3.05. The van der Waals surface area contributed by atoms with Gasteiger partial charge in [0.05, 0.1) is 4.90 Å². The number of nitrogens with two attached hydrogens (primary N) is 1. The zero-order chi connectivity index (χ0) is 14.4. The Hall–Kier alpha value is -0.910. The van der Waals surface area contributed by atoms with Gasteiger partial charge in [0.25, 0.3) is 0 Å². The lowest BCUT2D eigenvalue weighted by Gasteiger charge is -2.22. The van der Waals surface area contributed by atoms with Crippen molar-refractivity contribution in [2.45, 2.75) is 37.5 Å². The van der Waals surface area contributed by atoms with Crippen molar-refractivity contribution < 1.29 is 8.42 Å². The van der Waals surface area contributed by atoms with Crippen molar-refractivity contribution in [3.63, 3.8) is 0 Å². The lowest BCUT2D eigenvalue weighted by molar-refractivity contribution is 0.349. The van der Waals surface area contributed by atoms with Crippen LogP contribution in [0.5, 0.6) is 0 Å². The minimum atomic E-state index is -3.36. The van der Waals surface area contributed by atoms with Crippen LogP contribution in [0.3, 0.4) is 0 Å². The number of aryl methyl sites for hydroxylation is 2. The fraction of sp³-hybridized carbons (Fsp3) is 0.600. The molecular formula is C15H22N2O2S. The van der Waals surface area contributed by atoms with Gasteiger partial charge in [-0.2, -0.15) is 4.31 Å². The summed E-state index contributed by atoms with van der Waals surface area (Å²) in [6, 6.07) is 5.61. The van der Waals surface area contributed by atoms with E-state index in [1.54, 1.807) is 10.4 Å². The lowest BCUT2D eigenvalue weighted by atomic mass is 9.90. The van der Waals surface area contributed by atoms with Gasteiger partial charge in [0.2, 0.25) is 10.0 Å². The molecule has 3 rings (SSSR count). The Bertz CT molecular complexity index is 627. The summed E-state index contributed by atoms with van der Waals surface area (Å²) in [6.07, 6.45) is 4.05. The molecule has 110 valence electrons. The first-order valence-electron chi connectivity index (χ1n) is 7.27. The van der Waals surface area contributed by atoms with E-state index in [4.69, 9.17) is 5.73 Å². The van der Waals surface area contributed by atoms with Gasteiger partial charge in [-0.05, 0) is 60.9 Å². The van der Waals surface area contributed by atoms with Gasteiger partial charge >= 0.3 is 0 Å². The maximum absolute atomic E-state index is 12.7. The molecule has 0 spiro atoms. The molecule has 0 saturated carbocycles. The number of hydrogen-bond donors (Lipinski definition) is 1. The number of hydrogen-bond acceptors (Lipinski definition) is 3. The summed E-state index contributed by atoms with van der Waals surface area (Å²) in [5, 5.41) is 0. The number of fused-ring (bicyclic) bond motifs is 1. The quantitative estimate of drug-likeness (QED) is 0.919. The van der Waals surface area contributed by atoms with Crippen LogP contribution in [0.2, 0.25) is 0 Å². The Morgan fingerprint density at radius 2 is 2.05 bits per heavy atom. The molecule has 1 saturated heterocycles. The second kappa shape index (κ2) is 4.83. The maximum Gasteiger partial charge on any atom is 0.243 e. The lowest BCUT2D eigenvalue weighted by Crippen LogP contribution is -2.34. The monoisotopic (exact) mass is 294 g/mol. The van der Waals surface area contributed by atoms with Crippen LogP contribution in [0.15, 0.2) is 23.1 Å². The molecular weight excluding hydrogens is 272 g/mol. The summed E-state index contributed by atoms with van der Waals surface area (Å²) in [6.45, 7) is 3.70. The molecule has 1 heterocycles. The van der Waals surface area contributed by atoms with Gasteiger partial charge in [-0.25, -0.2) is 8.42 Å². The van der Waals surface area contributed by atoms with E-state index in [0.717, 1.165) is 25.7 Å². The van der Waals surface area contributed by atoms with E-state index in [-0.39, 0.29) is 5.41 Å². The molecule has 1 aliphatic carbocycles. The highest BCUT2D eigenvalue weighted by Gasteiger charge is 2.39. The van der Waals surface area contributed by atoms with Crippen LogP contribution < -0.4 is 5.73 Å². The van der Waals surface area contributed by atoms with Crippen LogP contribution in [-0.4, -0.2) is 32.4 Å². The Labute approximate surface area is 121 Å². The van der Waals surface area contributed by atoms with Crippen molar-refractivity contribution in [1.82, 2.24) is 4.31 Å². The zero-order valence-corrected chi connectivity index (χ0v) is 12.7. The minimum absolute atomic E-state index is 0.0796. The average molecular weight is 294 g/mol. The molecule has 0 amide bonds. The zero-order valence-electron chi connectivity index (χ0n) is 11.9. The van der Waals surface area contributed by atoms with Gasteiger partial charge in [-0.3, -0.25) is 0 Å². The smallest absolute Gasteiger partial charge is 0.243 e. The van der Waals surface area contributed by atoms with Crippen LogP contribution in [0.4, 0.5) is 0 Å². The van der Waals surface area contributed by atoms with E-state index in [1.165, 1.54) is 11.1 Å². The molecule has 5 heteroatoms. The summed E-state index contributed by atoms with van der Waals surface area (Å²) in [4.78, 5) is 0.444. The highest BCUT2D eigenvalue weighted by molar-refractivity contribution is 7.89. The Morgan fingerprint density at radius 1 is 1.30 bits per heavy atom. The van der Waals surface area contributed by atoms with Crippen LogP contribution in [0.1, 0.15) is 30.9 Å². The van der Waals surface area contributed by atoms with E-state index >= 15 is 0 Å². The van der Waals surface area contributed by atoms with Crippen molar-refractivity contribution >= 4 is 10.0 Å². The predicted octanol–water partition coefficient (Wildman–Crippen LogP) is 1.53. The first-order chi connectivity index (χ1) is 9.44. The standard InChI is InChI=1S/C15H22N2O2S/c1-15(10-16)7-8-17(11-15)20(18,19)14-6-5-12-3-2-4-13(12)9-14/h5-6,9H,2-4,7-8,10-11,16H2,1H3. The number of rotatable bonds is 3. The number of benzene rings is 1. The number of sulfonamides is 1. The van der Waals surface area contributed by atoms with Gasteiger partial charge in [-0.15, -0.1) is 0 Å². The molecule has 2 N–H and O–H groups in total. The van der Waals surface area contributed by atoms with E-state index in [1.807, 2.05) is 12.1 Å². The third kappa shape index (κ3) is 2.28. The van der Waals surface area contributed by atoms with Crippen molar-refractivity contribution in [2.75, 3.05) is 19.6 Å². The third-order valence-corrected chi connectivity index (χ3v) is 6.56. The van der Waals surface area contributed by atoms with Crippen LogP contribution in [0.25, 0.3) is 0 Å². The Balaban J connectivity index is 1.89. The first kappa shape index (κ1) is 14.0. The van der Waals surface area contributed by atoms with Crippen LogP contribution >= 0.6 is 0 Å². The van der Waals surface area contributed by atoms with Crippen LogP contribution in [0, 0.1) is 5.41 Å². The van der Waals surface area contributed by atoms with Gasteiger partial charge in [-0.1, -0.05) is 13.0 Å². The predicted molar refractivity (Wildman–Crippen MR) is 79.0 cm³/mol. The summed E-state index contributed by atoms with van der Waals surface area (Å²) < 4.78 is 27.0. The van der Waals surface area contributed by atoms with Crippen molar-refractivity contribution in [1.29, 1.82) is 0 Å². The molecule has 1 unspecified atom stereocenters. The highest BCUT2D eigenvalue weighted by atomic mass is 32.2. The normalized spacial score (nSPS) is 26.9. The molecule has 0 bridgehead atoms. The molecule has 1 aliphatic heterocycles. The van der Waals surface area contributed by atoms with E-state index < -0.39 is 10.0 Å². The van der Waals surface area contributed by atoms with Crippen molar-refractivity contribution in [3.8, 4) is 0 Å². The van der Waals surface area contributed by atoms with Crippen LogP contribution in [-0.2, 0) is 22.9 Å². The van der Waals surface area contributed by atoms with Gasteiger partial charge < -0.3 is 5.73 Å². The number of nitrogens with zero attached hydrogens (tertiary/aromatic N) is 1. The molecule has 1 aromatic rings. The second-order valence-corrected chi connectivity index (χ2v) is 8.33. The summed E-state index contributed by atoms with van der Waals surface area (Å²) >= 11 is 0. The molecule has 20 heavy (non-hydrogen) atoms. The maximum atomic E-state index is 12.7. The fourth-order valence-electron chi connectivity index (χ4n) is 3.21. The van der Waals surface area contributed by atoms with Gasteiger partial charge in [0, 0.05) is 13.1 Å². The molecule has 0 aromatic heterocycles. The fourth-order valence-corrected chi connectivity index (χ4v) is 4.85. The van der Waals surface area contributed by atoms with E-state index in [0.29, 0.717) is 24.5 Å². The first-order valence-corrected chi connectivity index (χ1v) is 8.71. The topological polar surface area (TPSA) is 63.4 Å². The van der Waals surface area contributed by atoms with Crippen molar-refractivity contribution in [3.05, 3.63) is 29.3 Å².